The third-order valence-corrected chi connectivity index (χ3v) is 3.51. The molecule has 3 heteroatoms. The molecule has 0 aliphatic heterocycles. The van der Waals surface area contributed by atoms with Crippen LogP contribution in [-0.4, -0.2) is 9.38 Å². The fraction of sp³-hybridized carbons (Fsp3) is 0.188. The summed E-state index contributed by atoms with van der Waals surface area (Å²) in [6.45, 7) is 2.21. The number of nitrogen functional groups attached to an aromatic ring is 1. The smallest absolute Gasteiger partial charge is 0.138 e. The van der Waals surface area contributed by atoms with Gasteiger partial charge in [-0.3, -0.25) is 4.40 Å². The van der Waals surface area contributed by atoms with Crippen LogP contribution in [0.2, 0.25) is 0 Å². The molecule has 1 aromatic carbocycles. The van der Waals surface area contributed by atoms with Crippen molar-refractivity contribution in [1.82, 2.24) is 9.38 Å². The molecule has 1 unspecified atom stereocenters. The number of anilines is 1. The summed E-state index contributed by atoms with van der Waals surface area (Å²) in [7, 11) is 0. The number of pyridine rings is 1. The minimum absolute atomic E-state index is 0.411. The standard InChI is InChI=1S/C16H17N3/c1-12(13-7-3-2-4-8-13)11-14-16(17)19-10-6-5-9-15(19)18-14/h2-10,12H,11,17H2,1H3. The van der Waals surface area contributed by atoms with Crippen molar-refractivity contribution in [3.8, 4) is 0 Å². The van der Waals surface area contributed by atoms with Crippen LogP contribution in [0.1, 0.15) is 24.1 Å². The van der Waals surface area contributed by atoms with E-state index in [0.29, 0.717) is 5.92 Å². The van der Waals surface area contributed by atoms with Gasteiger partial charge in [0.2, 0.25) is 0 Å². The van der Waals surface area contributed by atoms with E-state index in [1.54, 1.807) is 0 Å². The molecular weight excluding hydrogens is 234 g/mol. The average Bonchev–Trinajstić information content (AvgIpc) is 2.77. The second kappa shape index (κ2) is 4.76. The predicted octanol–water partition coefficient (Wildman–Crippen LogP) is 3.26. The largest absolute Gasteiger partial charge is 0.383 e. The number of nitrogens with two attached hydrogens (primary N) is 1. The summed E-state index contributed by atoms with van der Waals surface area (Å²) in [5.74, 6) is 1.16. The number of hydrogen-bond donors (Lipinski definition) is 1. The summed E-state index contributed by atoms with van der Waals surface area (Å²) in [5, 5.41) is 0. The number of imidazole rings is 1. The van der Waals surface area contributed by atoms with Crippen molar-refractivity contribution < 1.29 is 0 Å². The Morgan fingerprint density at radius 3 is 2.58 bits per heavy atom. The summed E-state index contributed by atoms with van der Waals surface area (Å²) in [6, 6.07) is 16.4. The van der Waals surface area contributed by atoms with E-state index in [4.69, 9.17) is 5.73 Å². The normalized spacial score (nSPS) is 12.7. The van der Waals surface area contributed by atoms with Crippen molar-refractivity contribution in [3.05, 3.63) is 66.0 Å². The molecule has 0 radical (unpaired) electrons. The van der Waals surface area contributed by atoms with Crippen molar-refractivity contribution >= 4 is 11.5 Å². The van der Waals surface area contributed by atoms with Gasteiger partial charge in [-0.05, 0) is 23.6 Å². The Hall–Kier alpha value is -2.29. The number of rotatable bonds is 3. The van der Waals surface area contributed by atoms with Gasteiger partial charge >= 0.3 is 0 Å². The highest BCUT2D eigenvalue weighted by atomic mass is 15.1. The topological polar surface area (TPSA) is 43.3 Å². The lowest BCUT2D eigenvalue weighted by Crippen LogP contribution is -2.02. The Morgan fingerprint density at radius 2 is 1.84 bits per heavy atom. The van der Waals surface area contributed by atoms with Gasteiger partial charge in [-0.15, -0.1) is 0 Å². The number of fused-ring (bicyclic) bond motifs is 1. The maximum absolute atomic E-state index is 6.17. The van der Waals surface area contributed by atoms with Gasteiger partial charge in [0, 0.05) is 12.6 Å². The van der Waals surface area contributed by atoms with Gasteiger partial charge < -0.3 is 5.73 Å². The predicted molar refractivity (Wildman–Crippen MR) is 78.2 cm³/mol. The van der Waals surface area contributed by atoms with Crippen molar-refractivity contribution in [3.63, 3.8) is 0 Å². The molecule has 19 heavy (non-hydrogen) atoms. The van der Waals surface area contributed by atoms with Gasteiger partial charge in [-0.25, -0.2) is 4.98 Å². The molecule has 0 saturated carbocycles. The van der Waals surface area contributed by atoms with Crippen LogP contribution in [0, 0.1) is 0 Å². The zero-order valence-corrected chi connectivity index (χ0v) is 11.0. The first kappa shape index (κ1) is 11.8. The van der Waals surface area contributed by atoms with Crippen LogP contribution in [0.5, 0.6) is 0 Å². The molecule has 0 amide bonds. The molecule has 3 rings (SSSR count). The summed E-state index contributed by atoms with van der Waals surface area (Å²) >= 11 is 0. The van der Waals surface area contributed by atoms with E-state index in [1.807, 2.05) is 34.9 Å². The summed E-state index contributed by atoms with van der Waals surface area (Å²) in [5.41, 5.74) is 9.37. The summed E-state index contributed by atoms with van der Waals surface area (Å²) in [4.78, 5) is 4.62. The van der Waals surface area contributed by atoms with Crippen molar-refractivity contribution in [2.75, 3.05) is 5.73 Å². The molecule has 3 aromatic rings. The molecule has 96 valence electrons. The van der Waals surface area contributed by atoms with E-state index >= 15 is 0 Å². The van der Waals surface area contributed by atoms with Crippen molar-refractivity contribution in [2.45, 2.75) is 19.3 Å². The van der Waals surface area contributed by atoms with Gasteiger partial charge in [0.15, 0.2) is 0 Å². The minimum atomic E-state index is 0.411. The van der Waals surface area contributed by atoms with Crippen LogP contribution < -0.4 is 5.73 Å². The monoisotopic (exact) mass is 251 g/mol. The van der Waals surface area contributed by atoms with Crippen LogP contribution in [0.15, 0.2) is 54.7 Å². The van der Waals surface area contributed by atoms with Crippen molar-refractivity contribution in [2.24, 2.45) is 0 Å². The van der Waals surface area contributed by atoms with Crippen LogP contribution in [0.3, 0.4) is 0 Å². The lowest BCUT2D eigenvalue weighted by molar-refractivity contribution is 0.747. The first-order valence-electron chi connectivity index (χ1n) is 6.52. The van der Waals surface area contributed by atoms with E-state index in [2.05, 4.69) is 36.2 Å². The van der Waals surface area contributed by atoms with Crippen LogP contribution in [0.25, 0.3) is 5.65 Å². The Bertz CT molecular complexity index is 686. The molecule has 0 spiro atoms. The Kier molecular flexibility index (Phi) is 2.95. The van der Waals surface area contributed by atoms with Crippen molar-refractivity contribution in [1.29, 1.82) is 0 Å². The summed E-state index contributed by atoms with van der Waals surface area (Å²) in [6.07, 6.45) is 2.81. The molecule has 3 nitrogen and oxygen atoms in total. The molecule has 0 fully saturated rings. The molecular formula is C16H17N3. The number of benzene rings is 1. The Labute approximate surface area is 112 Å². The van der Waals surface area contributed by atoms with Gasteiger partial charge in [-0.1, -0.05) is 43.3 Å². The second-order valence-corrected chi connectivity index (χ2v) is 4.89. The molecule has 2 heterocycles. The van der Waals surface area contributed by atoms with Gasteiger partial charge in [0.05, 0.1) is 5.69 Å². The number of aromatic nitrogens is 2. The quantitative estimate of drug-likeness (QED) is 0.776. The van der Waals surface area contributed by atoms with E-state index in [9.17, 15) is 0 Å². The maximum Gasteiger partial charge on any atom is 0.138 e. The zero-order valence-electron chi connectivity index (χ0n) is 11.0. The first-order valence-corrected chi connectivity index (χ1v) is 6.52. The van der Waals surface area contributed by atoms with E-state index in [0.717, 1.165) is 23.6 Å². The highest BCUT2D eigenvalue weighted by molar-refractivity contribution is 5.52. The third-order valence-electron chi connectivity index (χ3n) is 3.51. The Balaban J connectivity index is 1.91. The average molecular weight is 251 g/mol. The van der Waals surface area contributed by atoms with Crippen LogP contribution >= 0.6 is 0 Å². The molecule has 0 bridgehead atoms. The Morgan fingerprint density at radius 1 is 1.11 bits per heavy atom. The van der Waals surface area contributed by atoms with Gasteiger partial charge in [0.25, 0.3) is 0 Å². The van der Waals surface area contributed by atoms with Crippen LogP contribution in [-0.2, 0) is 6.42 Å². The number of hydrogen-bond acceptors (Lipinski definition) is 2. The highest BCUT2D eigenvalue weighted by Crippen LogP contribution is 2.23. The molecule has 2 N–H and O–H groups in total. The highest BCUT2D eigenvalue weighted by Gasteiger charge is 2.13. The van der Waals surface area contributed by atoms with E-state index in [-0.39, 0.29) is 0 Å². The van der Waals surface area contributed by atoms with Gasteiger partial charge in [0.1, 0.15) is 11.5 Å². The molecule has 0 aliphatic carbocycles. The SMILES string of the molecule is CC(Cc1nc2ccccn2c1N)c1ccccc1. The fourth-order valence-corrected chi connectivity index (χ4v) is 2.40. The maximum atomic E-state index is 6.17. The van der Waals surface area contributed by atoms with E-state index in [1.165, 1.54) is 5.56 Å². The minimum Gasteiger partial charge on any atom is -0.383 e. The zero-order chi connectivity index (χ0) is 13.2. The lowest BCUT2D eigenvalue weighted by atomic mass is 9.96. The molecule has 2 aromatic heterocycles. The van der Waals surface area contributed by atoms with Gasteiger partial charge in [-0.2, -0.15) is 0 Å². The summed E-state index contributed by atoms with van der Waals surface area (Å²) < 4.78 is 1.94. The third kappa shape index (κ3) is 2.19. The first-order chi connectivity index (χ1) is 9.25. The van der Waals surface area contributed by atoms with Crippen LogP contribution in [0.4, 0.5) is 5.82 Å². The second-order valence-electron chi connectivity index (χ2n) is 4.89. The molecule has 0 aliphatic rings. The fourth-order valence-electron chi connectivity index (χ4n) is 2.40. The molecule has 1 atom stereocenters. The lowest BCUT2D eigenvalue weighted by Gasteiger charge is -2.10. The van der Waals surface area contributed by atoms with E-state index < -0.39 is 0 Å². The number of nitrogens with zero attached hydrogens (tertiary/aromatic N) is 2. The molecule has 0 saturated heterocycles.